The fourth-order valence-electron chi connectivity index (χ4n) is 1.48. The van der Waals surface area contributed by atoms with E-state index in [-0.39, 0.29) is 12.1 Å². The highest BCUT2D eigenvalue weighted by Gasteiger charge is 2.22. The van der Waals surface area contributed by atoms with Crippen LogP contribution in [0.5, 0.6) is 5.75 Å². The highest BCUT2D eigenvalue weighted by molar-refractivity contribution is 6.01. The molecule has 0 spiro atoms. The second-order valence-electron chi connectivity index (χ2n) is 4.49. The molecule has 0 aliphatic rings. The molecule has 0 bridgehead atoms. The van der Waals surface area contributed by atoms with Crippen LogP contribution in [-0.2, 0) is 0 Å². The molecule has 0 saturated heterocycles. The summed E-state index contributed by atoms with van der Waals surface area (Å²) in [6.07, 6.45) is 0. The zero-order valence-electron chi connectivity index (χ0n) is 11.1. The molecular formula is C13H20N2O4. The highest BCUT2D eigenvalue weighted by atomic mass is 16.5. The summed E-state index contributed by atoms with van der Waals surface area (Å²) in [5.41, 5.74) is 4.93. The van der Waals surface area contributed by atoms with Crippen LogP contribution in [0.3, 0.4) is 0 Å². The summed E-state index contributed by atoms with van der Waals surface area (Å²) < 4.78 is 5.34. The van der Waals surface area contributed by atoms with Crippen molar-refractivity contribution in [3.05, 3.63) is 23.8 Å². The molecular weight excluding hydrogens is 248 g/mol. The number of nitrogens with two attached hydrogens (primary N) is 1. The third kappa shape index (κ3) is 4.11. The summed E-state index contributed by atoms with van der Waals surface area (Å²) in [5, 5.41) is 21.1. The van der Waals surface area contributed by atoms with Crippen molar-refractivity contribution in [2.45, 2.75) is 19.4 Å². The normalized spacial score (nSPS) is 13.7. The van der Waals surface area contributed by atoms with Gasteiger partial charge in [0, 0.05) is 12.2 Å². The van der Waals surface area contributed by atoms with E-state index in [9.17, 15) is 9.90 Å². The first-order chi connectivity index (χ1) is 8.91. The molecule has 1 aromatic rings. The number of amides is 1. The predicted molar refractivity (Wildman–Crippen MR) is 72.1 cm³/mol. The van der Waals surface area contributed by atoms with E-state index >= 15 is 0 Å². The Balaban J connectivity index is 2.87. The maximum atomic E-state index is 12.1. The Labute approximate surface area is 112 Å². The Bertz CT molecular complexity index is 446. The average molecular weight is 268 g/mol. The van der Waals surface area contributed by atoms with E-state index in [1.54, 1.807) is 25.1 Å². The first kappa shape index (κ1) is 15.3. The number of carbonyl (C=O) groups excluding carboxylic acids is 1. The zero-order valence-corrected chi connectivity index (χ0v) is 11.1. The van der Waals surface area contributed by atoms with Crippen LogP contribution in [-0.4, -0.2) is 41.5 Å². The first-order valence-corrected chi connectivity index (χ1v) is 6.04. The van der Waals surface area contributed by atoms with Crippen molar-refractivity contribution in [1.82, 2.24) is 5.32 Å². The monoisotopic (exact) mass is 268 g/mol. The van der Waals surface area contributed by atoms with Gasteiger partial charge in [0.15, 0.2) is 0 Å². The molecule has 1 amide bonds. The summed E-state index contributed by atoms with van der Waals surface area (Å²) in [6, 6.07) is 4.95. The van der Waals surface area contributed by atoms with Crippen molar-refractivity contribution in [3.8, 4) is 5.75 Å². The number of ether oxygens (including phenoxy) is 1. The van der Waals surface area contributed by atoms with Crippen molar-refractivity contribution < 1.29 is 19.7 Å². The van der Waals surface area contributed by atoms with Crippen LogP contribution in [0, 0.1) is 0 Å². The number of aliphatic hydroxyl groups is 2. The molecule has 1 atom stereocenters. The smallest absolute Gasteiger partial charge is 0.257 e. The van der Waals surface area contributed by atoms with Gasteiger partial charge in [0.25, 0.3) is 5.91 Å². The molecule has 1 aromatic carbocycles. The minimum Gasteiger partial charge on any atom is -0.493 e. The second-order valence-corrected chi connectivity index (χ2v) is 4.49. The molecule has 6 heteroatoms. The van der Waals surface area contributed by atoms with Crippen LogP contribution < -0.4 is 15.8 Å². The van der Waals surface area contributed by atoms with Crippen molar-refractivity contribution in [2.75, 3.05) is 25.5 Å². The van der Waals surface area contributed by atoms with Crippen molar-refractivity contribution in [1.29, 1.82) is 0 Å². The van der Waals surface area contributed by atoms with Crippen molar-refractivity contribution in [2.24, 2.45) is 0 Å². The lowest BCUT2D eigenvalue weighted by molar-refractivity contribution is 0.00318. The van der Waals surface area contributed by atoms with E-state index < -0.39 is 18.1 Å². The second kappa shape index (κ2) is 6.40. The van der Waals surface area contributed by atoms with Gasteiger partial charge in [-0.15, -0.1) is 0 Å². The van der Waals surface area contributed by atoms with E-state index in [2.05, 4.69) is 5.32 Å². The average Bonchev–Trinajstić information content (AvgIpc) is 2.37. The fourth-order valence-corrected chi connectivity index (χ4v) is 1.48. The minimum atomic E-state index is -1.37. The van der Waals surface area contributed by atoms with Gasteiger partial charge >= 0.3 is 0 Å². The van der Waals surface area contributed by atoms with Crippen LogP contribution in [0.1, 0.15) is 24.2 Å². The summed E-state index contributed by atoms with van der Waals surface area (Å²) in [5.74, 6) is -0.0566. The molecule has 0 heterocycles. The molecule has 0 fully saturated rings. The summed E-state index contributed by atoms with van der Waals surface area (Å²) in [4.78, 5) is 12.1. The van der Waals surface area contributed by atoms with Gasteiger partial charge in [-0.3, -0.25) is 4.79 Å². The number of hydrogen-bond acceptors (Lipinski definition) is 5. The molecule has 0 saturated carbocycles. The molecule has 0 aliphatic heterocycles. The maximum Gasteiger partial charge on any atom is 0.257 e. The Hall–Kier alpha value is -1.79. The topological polar surface area (TPSA) is 105 Å². The van der Waals surface area contributed by atoms with E-state index in [0.717, 1.165) is 0 Å². The molecule has 1 rings (SSSR count). The number of nitrogen functional groups attached to an aromatic ring is 1. The Morgan fingerprint density at radius 3 is 2.79 bits per heavy atom. The molecule has 0 aromatic heterocycles. The number of rotatable bonds is 6. The quantitative estimate of drug-likeness (QED) is 0.549. The Morgan fingerprint density at radius 1 is 1.53 bits per heavy atom. The predicted octanol–water partition coefficient (Wildman–Crippen LogP) is 0.141. The van der Waals surface area contributed by atoms with E-state index in [4.69, 9.17) is 15.6 Å². The molecule has 19 heavy (non-hydrogen) atoms. The minimum absolute atomic E-state index is 0.0811. The maximum absolute atomic E-state index is 12.1. The van der Waals surface area contributed by atoms with Gasteiger partial charge in [-0.2, -0.15) is 0 Å². The lowest BCUT2D eigenvalue weighted by Gasteiger charge is -2.21. The van der Waals surface area contributed by atoms with E-state index in [1.165, 1.54) is 6.92 Å². The van der Waals surface area contributed by atoms with Gasteiger partial charge in [-0.1, -0.05) is 6.07 Å². The fraction of sp³-hybridized carbons (Fsp3) is 0.462. The number of aliphatic hydroxyl groups excluding tert-OH is 1. The van der Waals surface area contributed by atoms with Crippen molar-refractivity contribution in [3.63, 3.8) is 0 Å². The number of nitrogens with one attached hydrogen (secondary N) is 1. The van der Waals surface area contributed by atoms with E-state index in [1.807, 2.05) is 0 Å². The Morgan fingerprint density at radius 2 is 2.21 bits per heavy atom. The van der Waals surface area contributed by atoms with Crippen LogP contribution in [0.4, 0.5) is 5.69 Å². The van der Waals surface area contributed by atoms with Gasteiger partial charge in [-0.25, -0.2) is 0 Å². The van der Waals surface area contributed by atoms with Gasteiger partial charge in [0.1, 0.15) is 16.9 Å². The SMILES string of the molecule is CCOc1cccc(N)c1C(=O)NCC(C)(O)CO. The lowest BCUT2D eigenvalue weighted by atomic mass is 10.1. The van der Waals surface area contributed by atoms with Crippen LogP contribution >= 0.6 is 0 Å². The molecule has 6 nitrogen and oxygen atoms in total. The van der Waals surface area contributed by atoms with Crippen molar-refractivity contribution >= 4 is 11.6 Å². The Kier molecular flexibility index (Phi) is 5.14. The van der Waals surface area contributed by atoms with Gasteiger partial charge in [0.05, 0.1) is 13.2 Å². The largest absolute Gasteiger partial charge is 0.493 e. The number of carbonyl (C=O) groups is 1. The van der Waals surface area contributed by atoms with Crippen LogP contribution in [0.2, 0.25) is 0 Å². The number of anilines is 1. The van der Waals surface area contributed by atoms with Crippen LogP contribution in [0.15, 0.2) is 18.2 Å². The summed E-state index contributed by atoms with van der Waals surface area (Å²) in [7, 11) is 0. The molecule has 0 radical (unpaired) electrons. The molecule has 5 N–H and O–H groups in total. The van der Waals surface area contributed by atoms with Gasteiger partial charge in [0.2, 0.25) is 0 Å². The third-order valence-corrected chi connectivity index (χ3v) is 2.56. The first-order valence-electron chi connectivity index (χ1n) is 6.04. The van der Waals surface area contributed by atoms with Gasteiger partial charge < -0.3 is 26.0 Å². The third-order valence-electron chi connectivity index (χ3n) is 2.56. The number of hydrogen-bond donors (Lipinski definition) is 4. The molecule has 1 unspecified atom stereocenters. The van der Waals surface area contributed by atoms with Gasteiger partial charge in [-0.05, 0) is 26.0 Å². The summed E-state index contributed by atoms with van der Waals surface area (Å²) in [6.45, 7) is 3.11. The van der Waals surface area contributed by atoms with Crippen LogP contribution in [0.25, 0.3) is 0 Å². The summed E-state index contributed by atoms with van der Waals surface area (Å²) >= 11 is 0. The highest BCUT2D eigenvalue weighted by Crippen LogP contribution is 2.24. The standard InChI is InChI=1S/C13H20N2O4/c1-3-19-10-6-4-5-9(14)11(10)12(17)15-7-13(2,18)8-16/h4-6,16,18H,3,7-8,14H2,1-2H3,(H,15,17). The zero-order chi connectivity index (χ0) is 14.5. The lowest BCUT2D eigenvalue weighted by Crippen LogP contribution is -2.43. The number of benzene rings is 1. The molecule has 106 valence electrons. The molecule has 0 aliphatic carbocycles. The van der Waals surface area contributed by atoms with E-state index in [0.29, 0.717) is 18.0 Å².